The van der Waals surface area contributed by atoms with Crippen molar-refractivity contribution >= 4 is 29.1 Å². The van der Waals surface area contributed by atoms with Gasteiger partial charge in [-0.1, -0.05) is 36.2 Å². The topological polar surface area (TPSA) is 23.6 Å². The van der Waals surface area contributed by atoms with Crippen LogP contribution in [0.1, 0.15) is 25.3 Å². The number of hydrogen-bond donors (Lipinski definition) is 0. The summed E-state index contributed by atoms with van der Waals surface area (Å²) in [6.07, 6.45) is 2.62. The van der Waals surface area contributed by atoms with Crippen molar-refractivity contribution in [1.82, 2.24) is 9.80 Å². The third kappa shape index (κ3) is 5.17. The van der Waals surface area contributed by atoms with Crippen molar-refractivity contribution in [3.05, 3.63) is 33.8 Å². The molecule has 0 saturated heterocycles. The smallest absolute Gasteiger partial charge is 0.236 e. The van der Waals surface area contributed by atoms with Crippen LogP contribution in [0.15, 0.2) is 18.2 Å². The summed E-state index contributed by atoms with van der Waals surface area (Å²) in [6, 6.07) is 5.48. The number of carbonyl (C=O) groups excluding carboxylic acids is 1. The SMILES string of the molecule is CCN(CC(=O)N(C)Cc1ccc(Cl)c(Cl)c1)CC1CC1. The molecule has 0 atom stereocenters. The molecular weight excluding hydrogens is 307 g/mol. The van der Waals surface area contributed by atoms with E-state index in [2.05, 4.69) is 11.8 Å². The molecule has 5 heteroatoms. The van der Waals surface area contributed by atoms with Crippen LogP contribution >= 0.6 is 23.2 Å². The first-order chi connectivity index (χ1) is 9.99. The highest BCUT2D eigenvalue weighted by Crippen LogP contribution is 2.29. The molecule has 21 heavy (non-hydrogen) atoms. The summed E-state index contributed by atoms with van der Waals surface area (Å²) >= 11 is 11.9. The third-order valence-electron chi connectivity index (χ3n) is 3.85. The lowest BCUT2D eigenvalue weighted by Crippen LogP contribution is -2.38. The average Bonchev–Trinajstić information content (AvgIpc) is 3.26. The Balaban J connectivity index is 1.87. The van der Waals surface area contributed by atoms with Crippen LogP contribution in [0.25, 0.3) is 0 Å². The van der Waals surface area contributed by atoms with Crippen LogP contribution in [0.3, 0.4) is 0 Å². The standard InChI is InChI=1S/C16H22Cl2N2O/c1-3-20(10-12-4-5-12)11-16(21)19(2)9-13-6-7-14(17)15(18)8-13/h6-8,12H,3-5,9-11H2,1-2H3. The number of likely N-dealkylation sites (N-methyl/N-ethyl adjacent to an activating group) is 2. The highest BCUT2D eigenvalue weighted by atomic mass is 35.5. The monoisotopic (exact) mass is 328 g/mol. The number of hydrogen-bond acceptors (Lipinski definition) is 2. The molecule has 1 aliphatic rings. The first kappa shape index (κ1) is 16.6. The number of halogens is 2. The predicted octanol–water partition coefficient (Wildman–Crippen LogP) is 3.68. The van der Waals surface area contributed by atoms with Gasteiger partial charge in [0.2, 0.25) is 5.91 Å². The third-order valence-corrected chi connectivity index (χ3v) is 4.59. The average molecular weight is 329 g/mol. The molecular formula is C16H22Cl2N2O. The van der Waals surface area contributed by atoms with Crippen LogP contribution < -0.4 is 0 Å². The Morgan fingerprint density at radius 1 is 1.29 bits per heavy atom. The Morgan fingerprint density at radius 2 is 2.00 bits per heavy atom. The number of nitrogens with zero attached hydrogens (tertiary/aromatic N) is 2. The quantitative estimate of drug-likeness (QED) is 0.762. The summed E-state index contributed by atoms with van der Waals surface area (Å²) in [6.45, 7) is 5.11. The number of carbonyl (C=O) groups is 1. The first-order valence-electron chi connectivity index (χ1n) is 7.39. The van der Waals surface area contributed by atoms with Gasteiger partial charge in [-0.25, -0.2) is 0 Å². The van der Waals surface area contributed by atoms with E-state index in [1.165, 1.54) is 12.8 Å². The van der Waals surface area contributed by atoms with E-state index in [4.69, 9.17) is 23.2 Å². The van der Waals surface area contributed by atoms with Crippen molar-refractivity contribution in [3.63, 3.8) is 0 Å². The van der Waals surface area contributed by atoms with E-state index in [-0.39, 0.29) is 5.91 Å². The van der Waals surface area contributed by atoms with E-state index in [0.29, 0.717) is 23.1 Å². The predicted molar refractivity (Wildman–Crippen MR) is 87.8 cm³/mol. The number of rotatable bonds is 7. The van der Waals surface area contributed by atoms with Gasteiger partial charge in [0.05, 0.1) is 16.6 Å². The number of amides is 1. The molecule has 0 unspecified atom stereocenters. The van der Waals surface area contributed by atoms with Gasteiger partial charge < -0.3 is 4.90 Å². The van der Waals surface area contributed by atoms with Gasteiger partial charge in [0.1, 0.15) is 0 Å². The molecule has 0 spiro atoms. The molecule has 1 aliphatic carbocycles. The highest BCUT2D eigenvalue weighted by Gasteiger charge is 2.25. The van der Waals surface area contributed by atoms with Crippen LogP contribution in [0, 0.1) is 5.92 Å². The summed E-state index contributed by atoms with van der Waals surface area (Å²) < 4.78 is 0. The lowest BCUT2D eigenvalue weighted by molar-refractivity contribution is -0.131. The van der Waals surface area contributed by atoms with Crippen molar-refractivity contribution in [3.8, 4) is 0 Å². The van der Waals surface area contributed by atoms with E-state index in [0.717, 1.165) is 24.6 Å². The van der Waals surface area contributed by atoms with Gasteiger partial charge in [-0.05, 0) is 43.0 Å². The molecule has 1 aromatic rings. The molecule has 1 saturated carbocycles. The van der Waals surface area contributed by atoms with E-state index in [9.17, 15) is 4.79 Å². The van der Waals surface area contributed by atoms with Crippen molar-refractivity contribution in [2.45, 2.75) is 26.3 Å². The van der Waals surface area contributed by atoms with Crippen molar-refractivity contribution in [2.24, 2.45) is 5.92 Å². The van der Waals surface area contributed by atoms with E-state index in [1.54, 1.807) is 11.0 Å². The lowest BCUT2D eigenvalue weighted by Gasteiger charge is -2.24. The second-order valence-electron chi connectivity index (χ2n) is 5.77. The van der Waals surface area contributed by atoms with Crippen LogP contribution in [0.5, 0.6) is 0 Å². The largest absolute Gasteiger partial charge is 0.340 e. The number of benzene rings is 1. The maximum Gasteiger partial charge on any atom is 0.236 e. The fourth-order valence-corrected chi connectivity index (χ4v) is 2.60. The van der Waals surface area contributed by atoms with Crippen molar-refractivity contribution < 1.29 is 4.79 Å². The Labute approximate surface area is 136 Å². The van der Waals surface area contributed by atoms with E-state index < -0.39 is 0 Å². The normalized spacial score (nSPS) is 14.5. The van der Waals surface area contributed by atoms with Crippen LogP contribution in [0.4, 0.5) is 0 Å². The summed E-state index contributed by atoms with van der Waals surface area (Å²) in [7, 11) is 1.83. The molecule has 1 aromatic carbocycles. The molecule has 0 N–H and O–H groups in total. The van der Waals surface area contributed by atoms with Crippen LogP contribution in [-0.2, 0) is 11.3 Å². The minimum atomic E-state index is 0.142. The molecule has 0 heterocycles. The van der Waals surface area contributed by atoms with E-state index in [1.807, 2.05) is 19.2 Å². The minimum absolute atomic E-state index is 0.142. The van der Waals surface area contributed by atoms with Gasteiger partial charge in [0.15, 0.2) is 0 Å². The van der Waals surface area contributed by atoms with Gasteiger partial charge in [0.25, 0.3) is 0 Å². The zero-order chi connectivity index (χ0) is 15.4. The van der Waals surface area contributed by atoms with Crippen molar-refractivity contribution in [1.29, 1.82) is 0 Å². The fraction of sp³-hybridized carbons (Fsp3) is 0.562. The molecule has 1 fully saturated rings. The van der Waals surface area contributed by atoms with Crippen LogP contribution in [-0.4, -0.2) is 42.4 Å². The molecule has 0 radical (unpaired) electrons. The summed E-state index contributed by atoms with van der Waals surface area (Å²) in [5, 5.41) is 1.06. The Morgan fingerprint density at radius 3 is 2.57 bits per heavy atom. The maximum atomic E-state index is 12.3. The Bertz CT molecular complexity index is 503. The second kappa shape index (κ2) is 7.48. The molecule has 1 amide bonds. The second-order valence-corrected chi connectivity index (χ2v) is 6.58. The first-order valence-corrected chi connectivity index (χ1v) is 8.15. The minimum Gasteiger partial charge on any atom is -0.340 e. The van der Waals surface area contributed by atoms with Gasteiger partial charge >= 0.3 is 0 Å². The molecule has 0 bridgehead atoms. The molecule has 0 aromatic heterocycles. The lowest BCUT2D eigenvalue weighted by atomic mass is 10.2. The van der Waals surface area contributed by atoms with E-state index >= 15 is 0 Å². The summed E-state index contributed by atoms with van der Waals surface area (Å²) in [5.41, 5.74) is 0.991. The molecule has 3 nitrogen and oxygen atoms in total. The Hall–Kier alpha value is -0.770. The molecule has 2 rings (SSSR count). The van der Waals surface area contributed by atoms with Crippen LogP contribution in [0.2, 0.25) is 10.0 Å². The maximum absolute atomic E-state index is 12.3. The zero-order valence-corrected chi connectivity index (χ0v) is 14.1. The fourth-order valence-electron chi connectivity index (χ4n) is 2.28. The molecule has 116 valence electrons. The van der Waals surface area contributed by atoms with Gasteiger partial charge in [-0.2, -0.15) is 0 Å². The highest BCUT2D eigenvalue weighted by molar-refractivity contribution is 6.42. The zero-order valence-electron chi connectivity index (χ0n) is 12.6. The van der Waals surface area contributed by atoms with Crippen molar-refractivity contribution in [2.75, 3.05) is 26.7 Å². The van der Waals surface area contributed by atoms with Gasteiger partial charge in [-0.3, -0.25) is 9.69 Å². The van der Waals surface area contributed by atoms with Gasteiger partial charge in [0, 0.05) is 20.1 Å². The summed E-state index contributed by atoms with van der Waals surface area (Å²) in [5.74, 6) is 0.946. The Kier molecular flexibility index (Phi) is 5.91. The van der Waals surface area contributed by atoms with Gasteiger partial charge in [-0.15, -0.1) is 0 Å². The molecule has 0 aliphatic heterocycles. The summed E-state index contributed by atoms with van der Waals surface area (Å²) in [4.78, 5) is 16.3.